The SMILES string of the molecule is Cc1cccc2c1N[C@@H](Cc1ccccc1)C2. The molecule has 0 saturated carbocycles. The van der Waals surface area contributed by atoms with Crippen molar-refractivity contribution in [3.63, 3.8) is 0 Å². The quantitative estimate of drug-likeness (QED) is 0.820. The van der Waals surface area contributed by atoms with E-state index in [0.29, 0.717) is 6.04 Å². The zero-order valence-corrected chi connectivity index (χ0v) is 10.1. The molecule has 2 aromatic carbocycles. The Morgan fingerprint density at radius 3 is 2.65 bits per heavy atom. The topological polar surface area (TPSA) is 12.0 Å². The van der Waals surface area contributed by atoms with Crippen LogP contribution in [0.5, 0.6) is 0 Å². The lowest BCUT2D eigenvalue weighted by atomic mass is 10.0. The molecule has 0 amide bonds. The summed E-state index contributed by atoms with van der Waals surface area (Å²) in [6, 6.07) is 17.8. The lowest BCUT2D eigenvalue weighted by molar-refractivity contribution is 0.746. The van der Waals surface area contributed by atoms with Gasteiger partial charge in [-0.3, -0.25) is 0 Å². The van der Waals surface area contributed by atoms with Crippen LogP contribution in [0.15, 0.2) is 48.5 Å². The van der Waals surface area contributed by atoms with Gasteiger partial charge in [0.25, 0.3) is 0 Å². The first-order valence-electron chi connectivity index (χ1n) is 6.22. The number of hydrogen-bond donors (Lipinski definition) is 1. The van der Waals surface area contributed by atoms with Crippen molar-refractivity contribution in [1.29, 1.82) is 0 Å². The normalized spacial score (nSPS) is 17.6. The van der Waals surface area contributed by atoms with Crippen molar-refractivity contribution in [2.45, 2.75) is 25.8 Å². The van der Waals surface area contributed by atoms with Gasteiger partial charge < -0.3 is 5.32 Å². The predicted octanol–water partition coefficient (Wildman–Crippen LogP) is 3.57. The van der Waals surface area contributed by atoms with Crippen LogP contribution in [0.25, 0.3) is 0 Å². The molecule has 0 aromatic heterocycles. The summed E-state index contributed by atoms with van der Waals surface area (Å²) in [7, 11) is 0. The van der Waals surface area contributed by atoms with Gasteiger partial charge in [0.2, 0.25) is 0 Å². The molecule has 2 aromatic rings. The van der Waals surface area contributed by atoms with Gasteiger partial charge in [-0.25, -0.2) is 0 Å². The Morgan fingerprint density at radius 1 is 1.06 bits per heavy atom. The molecule has 17 heavy (non-hydrogen) atoms. The van der Waals surface area contributed by atoms with E-state index in [1.807, 2.05) is 0 Å². The fourth-order valence-electron chi connectivity index (χ4n) is 2.65. The second-order valence-corrected chi connectivity index (χ2v) is 4.84. The minimum Gasteiger partial charge on any atom is -0.381 e. The average molecular weight is 223 g/mol. The number of para-hydroxylation sites is 1. The third-order valence-corrected chi connectivity index (χ3v) is 3.50. The van der Waals surface area contributed by atoms with E-state index in [9.17, 15) is 0 Å². The van der Waals surface area contributed by atoms with Crippen LogP contribution in [-0.2, 0) is 12.8 Å². The molecule has 0 unspecified atom stereocenters. The van der Waals surface area contributed by atoms with Gasteiger partial charge >= 0.3 is 0 Å². The molecule has 0 bridgehead atoms. The number of rotatable bonds is 2. The number of hydrogen-bond acceptors (Lipinski definition) is 1. The minimum absolute atomic E-state index is 0.550. The smallest absolute Gasteiger partial charge is 0.0405 e. The molecule has 1 aliphatic heterocycles. The standard InChI is InChI=1S/C16H17N/c1-12-6-5-9-14-11-15(17-16(12)14)10-13-7-3-2-4-8-13/h2-9,15,17H,10-11H2,1H3/t15-/m0/s1. The van der Waals surface area contributed by atoms with Gasteiger partial charge in [-0.1, -0.05) is 48.5 Å². The zero-order chi connectivity index (χ0) is 11.7. The van der Waals surface area contributed by atoms with Crippen LogP contribution >= 0.6 is 0 Å². The molecular formula is C16H17N. The predicted molar refractivity (Wildman–Crippen MR) is 72.4 cm³/mol. The number of benzene rings is 2. The van der Waals surface area contributed by atoms with E-state index in [2.05, 4.69) is 60.8 Å². The summed E-state index contributed by atoms with van der Waals surface area (Å²) in [6.07, 6.45) is 2.25. The Kier molecular flexibility index (Phi) is 2.60. The Hall–Kier alpha value is -1.76. The zero-order valence-electron chi connectivity index (χ0n) is 10.1. The Labute approximate surface area is 102 Å². The van der Waals surface area contributed by atoms with Crippen molar-refractivity contribution in [3.8, 4) is 0 Å². The van der Waals surface area contributed by atoms with Gasteiger partial charge in [0.05, 0.1) is 0 Å². The summed E-state index contributed by atoms with van der Waals surface area (Å²) in [5.41, 5.74) is 5.59. The second kappa shape index (κ2) is 4.25. The lowest BCUT2D eigenvalue weighted by Crippen LogP contribution is -2.18. The largest absolute Gasteiger partial charge is 0.381 e. The molecule has 0 radical (unpaired) electrons. The maximum absolute atomic E-state index is 3.65. The molecule has 3 rings (SSSR count). The summed E-state index contributed by atoms with van der Waals surface area (Å²) >= 11 is 0. The first-order chi connectivity index (χ1) is 8.33. The minimum atomic E-state index is 0.550. The highest BCUT2D eigenvalue weighted by Gasteiger charge is 2.21. The fraction of sp³-hybridized carbons (Fsp3) is 0.250. The Morgan fingerprint density at radius 2 is 1.88 bits per heavy atom. The molecule has 1 atom stereocenters. The van der Waals surface area contributed by atoms with Crippen LogP contribution in [0.1, 0.15) is 16.7 Å². The summed E-state index contributed by atoms with van der Waals surface area (Å²) in [6.45, 7) is 2.18. The van der Waals surface area contributed by atoms with Gasteiger partial charge in [-0.05, 0) is 36.5 Å². The molecule has 1 nitrogen and oxygen atoms in total. The summed E-state index contributed by atoms with van der Waals surface area (Å²) in [5.74, 6) is 0. The summed E-state index contributed by atoms with van der Waals surface area (Å²) in [5, 5.41) is 3.65. The molecule has 86 valence electrons. The van der Waals surface area contributed by atoms with Gasteiger partial charge in [-0.15, -0.1) is 0 Å². The van der Waals surface area contributed by atoms with Crippen LogP contribution in [0.4, 0.5) is 5.69 Å². The maximum atomic E-state index is 3.65. The highest BCUT2D eigenvalue weighted by atomic mass is 14.9. The average Bonchev–Trinajstić information content (AvgIpc) is 2.74. The number of fused-ring (bicyclic) bond motifs is 1. The molecule has 0 fully saturated rings. The van der Waals surface area contributed by atoms with E-state index in [0.717, 1.165) is 12.8 Å². The fourth-order valence-corrected chi connectivity index (χ4v) is 2.65. The highest BCUT2D eigenvalue weighted by molar-refractivity contribution is 5.62. The maximum Gasteiger partial charge on any atom is 0.0405 e. The highest BCUT2D eigenvalue weighted by Crippen LogP contribution is 2.30. The first kappa shape index (κ1) is 10.4. The van der Waals surface area contributed by atoms with Crippen LogP contribution < -0.4 is 5.32 Å². The Bertz CT molecular complexity index is 516. The lowest BCUT2D eigenvalue weighted by Gasteiger charge is -2.11. The van der Waals surface area contributed by atoms with E-state index < -0.39 is 0 Å². The number of aryl methyl sites for hydroxylation is 1. The van der Waals surface area contributed by atoms with Crippen LogP contribution in [0, 0.1) is 6.92 Å². The summed E-state index contributed by atoms with van der Waals surface area (Å²) in [4.78, 5) is 0. The van der Waals surface area contributed by atoms with Crippen LogP contribution in [0.2, 0.25) is 0 Å². The second-order valence-electron chi connectivity index (χ2n) is 4.84. The van der Waals surface area contributed by atoms with Crippen molar-refractivity contribution < 1.29 is 0 Å². The first-order valence-corrected chi connectivity index (χ1v) is 6.22. The molecule has 0 aliphatic carbocycles. The third kappa shape index (κ3) is 2.05. The molecule has 0 saturated heterocycles. The number of nitrogens with one attached hydrogen (secondary N) is 1. The number of anilines is 1. The van der Waals surface area contributed by atoms with Crippen LogP contribution in [0.3, 0.4) is 0 Å². The molecule has 1 aliphatic rings. The molecule has 1 N–H and O–H groups in total. The van der Waals surface area contributed by atoms with Crippen LogP contribution in [-0.4, -0.2) is 6.04 Å². The molecular weight excluding hydrogens is 206 g/mol. The Balaban J connectivity index is 1.77. The van der Waals surface area contributed by atoms with Gasteiger partial charge in [0.1, 0.15) is 0 Å². The van der Waals surface area contributed by atoms with Gasteiger partial charge in [0.15, 0.2) is 0 Å². The molecule has 1 heteroatoms. The van der Waals surface area contributed by atoms with Crippen molar-refractivity contribution in [1.82, 2.24) is 0 Å². The third-order valence-electron chi connectivity index (χ3n) is 3.50. The molecule has 0 spiro atoms. The van der Waals surface area contributed by atoms with Crippen molar-refractivity contribution in [2.24, 2.45) is 0 Å². The van der Waals surface area contributed by atoms with E-state index in [1.54, 1.807) is 0 Å². The monoisotopic (exact) mass is 223 g/mol. The summed E-state index contributed by atoms with van der Waals surface area (Å²) < 4.78 is 0. The van der Waals surface area contributed by atoms with Crippen molar-refractivity contribution in [2.75, 3.05) is 5.32 Å². The van der Waals surface area contributed by atoms with E-state index in [-0.39, 0.29) is 0 Å². The van der Waals surface area contributed by atoms with E-state index >= 15 is 0 Å². The van der Waals surface area contributed by atoms with Crippen molar-refractivity contribution in [3.05, 3.63) is 65.2 Å². The van der Waals surface area contributed by atoms with Gasteiger partial charge in [0, 0.05) is 11.7 Å². The van der Waals surface area contributed by atoms with Crippen molar-refractivity contribution >= 4 is 5.69 Å². The van der Waals surface area contributed by atoms with E-state index in [4.69, 9.17) is 0 Å². The van der Waals surface area contributed by atoms with E-state index in [1.165, 1.54) is 22.4 Å². The molecule has 1 heterocycles. The van der Waals surface area contributed by atoms with Gasteiger partial charge in [-0.2, -0.15) is 0 Å².